The van der Waals surface area contributed by atoms with Gasteiger partial charge in [-0.15, -0.1) is 0 Å². The normalized spacial score (nSPS) is 13.6. The molecule has 0 aliphatic carbocycles. The molecule has 1 aliphatic rings. The van der Waals surface area contributed by atoms with Gasteiger partial charge in [-0.3, -0.25) is 4.99 Å². The fourth-order valence-electron chi connectivity index (χ4n) is 2.63. The molecule has 0 N–H and O–H groups in total. The van der Waals surface area contributed by atoms with Crippen LogP contribution in [0, 0.1) is 11.8 Å². The van der Waals surface area contributed by atoms with Gasteiger partial charge in [0, 0.05) is 29.5 Å². The zero-order valence-electron chi connectivity index (χ0n) is 11.4. The van der Waals surface area contributed by atoms with Crippen LogP contribution in [0.4, 0.5) is 0 Å². The molecule has 2 aromatic carbocycles. The number of hydrogen-bond donors (Lipinski definition) is 0. The topological polar surface area (TPSA) is 25.2 Å². The summed E-state index contributed by atoms with van der Waals surface area (Å²) in [4.78, 5) is 9.32. The van der Waals surface area contributed by atoms with Gasteiger partial charge in [-0.1, -0.05) is 54.3 Å². The third kappa shape index (κ3) is 2.00. The van der Waals surface area contributed by atoms with Gasteiger partial charge in [0.1, 0.15) is 0 Å². The summed E-state index contributed by atoms with van der Waals surface area (Å²) in [5, 5.41) is 3.48. The van der Waals surface area contributed by atoms with Crippen molar-refractivity contribution in [2.24, 2.45) is 4.99 Å². The number of aromatic nitrogens is 1. The van der Waals surface area contributed by atoms with E-state index in [-0.39, 0.29) is 0 Å². The molecule has 0 bridgehead atoms. The second-order valence-corrected chi connectivity index (χ2v) is 4.89. The predicted octanol–water partition coefficient (Wildman–Crippen LogP) is 4.21. The molecule has 1 aliphatic heterocycles. The Morgan fingerprint density at radius 2 is 1.62 bits per heavy atom. The van der Waals surface area contributed by atoms with Gasteiger partial charge >= 0.3 is 0 Å². The summed E-state index contributed by atoms with van der Waals surface area (Å²) in [7, 11) is 0. The third-order valence-corrected chi connectivity index (χ3v) is 3.59. The van der Waals surface area contributed by atoms with Gasteiger partial charge in [0.2, 0.25) is 0 Å². The molecule has 0 fully saturated rings. The Morgan fingerprint density at radius 3 is 2.52 bits per heavy atom. The smallest absolute Gasteiger partial charge is 0.0978 e. The van der Waals surface area contributed by atoms with Crippen LogP contribution in [-0.2, 0) is 0 Å². The Balaban J connectivity index is 2.12. The van der Waals surface area contributed by atoms with E-state index in [1.165, 1.54) is 10.8 Å². The summed E-state index contributed by atoms with van der Waals surface area (Å²) >= 11 is 0. The maximum absolute atomic E-state index is 4.82. The maximum Gasteiger partial charge on any atom is 0.0978 e. The number of rotatable bonds is 1. The highest BCUT2D eigenvalue weighted by molar-refractivity contribution is 6.09. The summed E-state index contributed by atoms with van der Waals surface area (Å²) in [5.41, 5.74) is 2.72. The number of allylic oxidation sites excluding steroid dienone is 1. The standard InChI is InChI=1S/C19H12N2/c1-2-12-18(20-13-7-1)19-16-10-4-3-8-14(16)15-9-5-6-11-17(15)21-19/h3-6,8-13H,7H2. The lowest BCUT2D eigenvalue weighted by Crippen LogP contribution is -1.92. The summed E-state index contributed by atoms with van der Waals surface area (Å²) in [6, 6.07) is 16.5. The number of fused-ring (bicyclic) bond motifs is 3. The van der Waals surface area contributed by atoms with Crippen LogP contribution in [-0.4, -0.2) is 11.2 Å². The minimum atomic E-state index is 0.686. The van der Waals surface area contributed by atoms with E-state index < -0.39 is 0 Å². The highest BCUT2D eigenvalue weighted by Crippen LogP contribution is 2.30. The zero-order valence-corrected chi connectivity index (χ0v) is 11.4. The lowest BCUT2D eigenvalue weighted by molar-refractivity contribution is 1.35. The molecule has 2 heterocycles. The third-order valence-electron chi connectivity index (χ3n) is 3.59. The van der Waals surface area contributed by atoms with Crippen LogP contribution in [0.25, 0.3) is 27.4 Å². The largest absolute Gasteiger partial charge is 0.257 e. The van der Waals surface area contributed by atoms with Crippen LogP contribution in [0.1, 0.15) is 12.1 Å². The number of pyridine rings is 1. The van der Waals surface area contributed by atoms with E-state index in [1.54, 1.807) is 0 Å². The molecule has 0 atom stereocenters. The first-order chi connectivity index (χ1) is 10.4. The minimum Gasteiger partial charge on any atom is -0.257 e. The van der Waals surface area contributed by atoms with E-state index in [1.807, 2.05) is 36.6 Å². The van der Waals surface area contributed by atoms with E-state index in [9.17, 15) is 0 Å². The van der Waals surface area contributed by atoms with E-state index in [2.05, 4.69) is 41.1 Å². The van der Waals surface area contributed by atoms with Crippen molar-refractivity contribution >= 4 is 33.6 Å². The van der Waals surface area contributed by atoms with Crippen LogP contribution >= 0.6 is 0 Å². The summed E-state index contributed by atoms with van der Waals surface area (Å²) in [5.74, 6) is 6.06. The summed E-state index contributed by atoms with van der Waals surface area (Å²) < 4.78 is 0. The van der Waals surface area contributed by atoms with E-state index >= 15 is 0 Å². The zero-order chi connectivity index (χ0) is 14.1. The summed E-state index contributed by atoms with van der Waals surface area (Å²) in [6.45, 7) is 0. The molecule has 21 heavy (non-hydrogen) atoms. The Morgan fingerprint density at radius 1 is 0.857 bits per heavy atom. The van der Waals surface area contributed by atoms with E-state index in [4.69, 9.17) is 4.98 Å². The molecular formula is C19H12N2. The van der Waals surface area contributed by atoms with Crippen molar-refractivity contribution in [2.75, 3.05) is 0 Å². The molecule has 2 heteroatoms. The number of aliphatic imine (C=N–C) groups is 1. The van der Waals surface area contributed by atoms with Gasteiger partial charge in [-0.25, -0.2) is 4.98 Å². The van der Waals surface area contributed by atoms with Crippen molar-refractivity contribution in [2.45, 2.75) is 6.42 Å². The predicted molar refractivity (Wildman–Crippen MR) is 88.1 cm³/mol. The van der Waals surface area contributed by atoms with Gasteiger partial charge in [-0.05, 0) is 11.5 Å². The fourth-order valence-corrected chi connectivity index (χ4v) is 2.63. The van der Waals surface area contributed by atoms with Crippen molar-refractivity contribution in [1.82, 2.24) is 4.98 Å². The number of benzene rings is 2. The first-order valence-electron chi connectivity index (χ1n) is 6.92. The van der Waals surface area contributed by atoms with Crippen LogP contribution in [0.15, 0.2) is 59.6 Å². The summed E-state index contributed by atoms with van der Waals surface area (Å²) in [6.07, 6.45) is 4.38. The van der Waals surface area contributed by atoms with Gasteiger partial charge in [0.25, 0.3) is 0 Å². The number of hydrogen-bond acceptors (Lipinski definition) is 2. The van der Waals surface area contributed by atoms with Crippen molar-refractivity contribution < 1.29 is 0 Å². The fraction of sp³-hybridized carbons (Fsp3) is 0.0526. The molecule has 0 saturated carbocycles. The number of para-hydroxylation sites is 1. The highest BCUT2D eigenvalue weighted by Gasteiger charge is 2.11. The Kier molecular flexibility index (Phi) is 2.76. The molecule has 0 unspecified atom stereocenters. The Bertz CT molecular complexity index is 969. The van der Waals surface area contributed by atoms with E-state index in [0.29, 0.717) is 6.42 Å². The van der Waals surface area contributed by atoms with Gasteiger partial charge in [0.05, 0.1) is 16.9 Å². The lowest BCUT2D eigenvalue weighted by Gasteiger charge is -2.09. The first-order valence-corrected chi connectivity index (χ1v) is 6.92. The minimum absolute atomic E-state index is 0.686. The van der Waals surface area contributed by atoms with Crippen LogP contribution < -0.4 is 0 Å². The molecule has 2 nitrogen and oxygen atoms in total. The van der Waals surface area contributed by atoms with Gasteiger partial charge < -0.3 is 0 Å². The van der Waals surface area contributed by atoms with Crippen molar-refractivity contribution in [3.05, 3.63) is 60.3 Å². The lowest BCUT2D eigenvalue weighted by atomic mass is 10.0. The van der Waals surface area contributed by atoms with Crippen LogP contribution in [0.2, 0.25) is 0 Å². The van der Waals surface area contributed by atoms with Crippen LogP contribution in [0.5, 0.6) is 0 Å². The average molecular weight is 268 g/mol. The molecular weight excluding hydrogens is 256 g/mol. The average Bonchev–Trinajstić information content (AvgIpc) is 2.83. The molecule has 0 spiro atoms. The van der Waals surface area contributed by atoms with Gasteiger partial charge in [-0.2, -0.15) is 0 Å². The molecule has 0 amide bonds. The van der Waals surface area contributed by atoms with Crippen molar-refractivity contribution in [3.63, 3.8) is 0 Å². The molecule has 4 rings (SSSR count). The molecule has 1 aromatic heterocycles. The Hall–Kier alpha value is -2.92. The molecule has 0 saturated heterocycles. The molecule has 3 aromatic rings. The highest BCUT2D eigenvalue weighted by atomic mass is 14.8. The molecule has 98 valence electrons. The van der Waals surface area contributed by atoms with Crippen molar-refractivity contribution in [3.8, 4) is 11.8 Å². The Labute approximate surface area is 122 Å². The quantitative estimate of drug-likeness (QED) is 0.479. The van der Waals surface area contributed by atoms with Gasteiger partial charge in [0.15, 0.2) is 0 Å². The van der Waals surface area contributed by atoms with E-state index in [0.717, 1.165) is 22.3 Å². The van der Waals surface area contributed by atoms with Crippen molar-refractivity contribution in [1.29, 1.82) is 0 Å². The maximum atomic E-state index is 4.82. The second kappa shape index (κ2) is 4.88. The first kappa shape index (κ1) is 11.9. The SMILES string of the molecule is C1#CCC=NC(c2nc3ccccc3c3ccccc23)=C1. The monoisotopic (exact) mass is 268 g/mol. The second-order valence-electron chi connectivity index (χ2n) is 4.89. The molecule has 0 radical (unpaired) electrons. The van der Waals surface area contributed by atoms with Crippen LogP contribution in [0.3, 0.4) is 0 Å². The number of nitrogens with zero attached hydrogens (tertiary/aromatic N) is 2.